The lowest BCUT2D eigenvalue weighted by Gasteiger charge is -2.04. The Morgan fingerprint density at radius 3 is 2.73 bits per heavy atom. The van der Waals surface area contributed by atoms with E-state index in [9.17, 15) is 0 Å². The fraction of sp³-hybridized carbons (Fsp3) is 0.182. The first kappa shape index (κ1) is 11.7. The maximum Gasteiger partial charge on any atom is 0.116 e. The Hall–Kier alpha value is -1.42. The van der Waals surface area contributed by atoms with Gasteiger partial charge in [-0.15, -0.1) is 11.8 Å². The lowest BCUT2D eigenvalue weighted by molar-refractivity contribution is 0.946. The Bertz CT molecular complexity index is 342. The zero-order valence-electron chi connectivity index (χ0n) is 8.73. The van der Waals surface area contributed by atoms with Gasteiger partial charge in [-0.3, -0.25) is 5.43 Å². The van der Waals surface area contributed by atoms with Crippen molar-refractivity contribution >= 4 is 17.6 Å². The molecule has 15 heavy (non-hydrogen) atoms. The van der Waals surface area contributed by atoms with Gasteiger partial charge in [0.05, 0.1) is 5.03 Å². The van der Waals surface area contributed by atoms with E-state index in [1.807, 2.05) is 18.2 Å². The van der Waals surface area contributed by atoms with E-state index in [-0.39, 0.29) is 0 Å². The number of nitrogens with two attached hydrogens (primary N) is 1. The predicted molar refractivity (Wildman–Crippen MR) is 67.3 cm³/mol. The predicted octanol–water partition coefficient (Wildman–Crippen LogP) is 2.27. The zero-order chi connectivity index (χ0) is 11.1. The van der Waals surface area contributed by atoms with Gasteiger partial charge in [0.2, 0.25) is 0 Å². The SMILES string of the molecule is C=C(N/N=C(\C)N)SCc1ccccc1. The van der Waals surface area contributed by atoms with Gasteiger partial charge in [0.1, 0.15) is 5.84 Å². The lowest BCUT2D eigenvalue weighted by Crippen LogP contribution is -2.12. The van der Waals surface area contributed by atoms with Crippen LogP contribution in [0.1, 0.15) is 12.5 Å². The number of thioether (sulfide) groups is 1. The van der Waals surface area contributed by atoms with E-state index in [4.69, 9.17) is 5.73 Å². The molecular weight excluding hydrogens is 206 g/mol. The van der Waals surface area contributed by atoms with Gasteiger partial charge < -0.3 is 5.73 Å². The van der Waals surface area contributed by atoms with Crippen LogP contribution in [0, 0.1) is 0 Å². The number of benzene rings is 1. The van der Waals surface area contributed by atoms with Crippen molar-refractivity contribution in [1.82, 2.24) is 5.43 Å². The molecule has 0 atom stereocenters. The molecule has 0 aliphatic rings. The minimum absolute atomic E-state index is 0.497. The smallest absolute Gasteiger partial charge is 0.116 e. The second-order valence-corrected chi connectivity index (χ2v) is 4.13. The molecule has 0 unspecified atom stereocenters. The van der Waals surface area contributed by atoms with Crippen molar-refractivity contribution < 1.29 is 0 Å². The minimum Gasteiger partial charge on any atom is -0.386 e. The highest BCUT2D eigenvalue weighted by molar-refractivity contribution is 8.02. The molecule has 1 aromatic rings. The molecule has 0 spiro atoms. The van der Waals surface area contributed by atoms with Crippen LogP contribution >= 0.6 is 11.8 Å². The fourth-order valence-corrected chi connectivity index (χ4v) is 1.57. The Kier molecular flexibility index (Phi) is 4.77. The molecule has 3 N–H and O–H groups in total. The third-order valence-electron chi connectivity index (χ3n) is 1.61. The molecule has 0 saturated heterocycles. The maximum absolute atomic E-state index is 5.39. The average Bonchev–Trinajstić information content (AvgIpc) is 2.25. The third kappa shape index (κ3) is 5.12. The van der Waals surface area contributed by atoms with Crippen LogP contribution in [0.25, 0.3) is 0 Å². The van der Waals surface area contributed by atoms with Gasteiger partial charge in [0.25, 0.3) is 0 Å². The van der Waals surface area contributed by atoms with Gasteiger partial charge in [-0.2, -0.15) is 5.10 Å². The molecule has 0 saturated carbocycles. The molecule has 0 fully saturated rings. The quantitative estimate of drug-likeness (QED) is 0.455. The minimum atomic E-state index is 0.497. The first-order chi connectivity index (χ1) is 7.18. The van der Waals surface area contributed by atoms with Crippen molar-refractivity contribution in [2.24, 2.45) is 10.8 Å². The van der Waals surface area contributed by atoms with Crippen LogP contribution in [0.2, 0.25) is 0 Å². The van der Waals surface area contributed by atoms with E-state index >= 15 is 0 Å². The van der Waals surface area contributed by atoms with Crippen molar-refractivity contribution in [1.29, 1.82) is 0 Å². The third-order valence-corrected chi connectivity index (χ3v) is 2.53. The van der Waals surface area contributed by atoms with E-state index in [1.165, 1.54) is 5.56 Å². The zero-order valence-corrected chi connectivity index (χ0v) is 9.55. The molecule has 0 heterocycles. The molecule has 1 aromatic carbocycles. The van der Waals surface area contributed by atoms with E-state index in [0.29, 0.717) is 5.84 Å². The normalized spacial score (nSPS) is 11.1. The number of rotatable bonds is 5. The average molecular weight is 221 g/mol. The molecule has 0 radical (unpaired) electrons. The standard InChI is InChI=1S/C11H15N3S/c1-9(12)13-14-10(2)15-8-11-6-4-3-5-7-11/h3-7,14H,2,8H2,1H3,(H2,12,13). The maximum atomic E-state index is 5.39. The van der Waals surface area contributed by atoms with E-state index in [0.717, 1.165) is 10.8 Å². The van der Waals surface area contributed by atoms with E-state index < -0.39 is 0 Å². The number of hydrogen-bond donors (Lipinski definition) is 2. The summed E-state index contributed by atoms with van der Waals surface area (Å²) in [5.41, 5.74) is 9.43. The van der Waals surface area contributed by atoms with Crippen LogP contribution in [-0.2, 0) is 5.75 Å². The van der Waals surface area contributed by atoms with Crippen LogP contribution in [0.4, 0.5) is 0 Å². The van der Waals surface area contributed by atoms with Gasteiger partial charge in [-0.05, 0) is 12.5 Å². The Morgan fingerprint density at radius 2 is 2.13 bits per heavy atom. The number of hydrazone groups is 1. The summed E-state index contributed by atoms with van der Waals surface area (Å²) in [6.07, 6.45) is 0. The summed E-state index contributed by atoms with van der Waals surface area (Å²) in [6.45, 7) is 5.56. The topological polar surface area (TPSA) is 50.4 Å². The second kappa shape index (κ2) is 6.14. The Labute approximate surface area is 94.4 Å². The van der Waals surface area contributed by atoms with Crippen molar-refractivity contribution in [2.45, 2.75) is 12.7 Å². The monoisotopic (exact) mass is 221 g/mol. The Balaban J connectivity index is 2.32. The fourth-order valence-electron chi connectivity index (χ4n) is 0.927. The summed E-state index contributed by atoms with van der Waals surface area (Å²) in [5.74, 6) is 1.38. The first-order valence-corrected chi connectivity index (χ1v) is 5.58. The number of nitrogens with one attached hydrogen (secondary N) is 1. The number of amidine groups is 1. The van der Waals surface area contributed by atoms with Crippen molar-refractivity contribution in [2.75, 3.05) is 0 Å². The molecule has 3 nitrogen and oxygen atoms in total. The highest BCUT2D eigenvalue weighted by Crippen LogP contribution is 2.17. The highest BCUT2D eigenvalue weighted by Gasteiger charge is 1.95. The van der Waals surface area contributed by atoms with Gasteiger partial charge in [0.15, 0.2) is 0 Å². The van der Waals surface area contributed by atoms with Gasteiger partial charge in [0, 0.05) is 5.75 Å². The van der Waals surface area contributed by atoms with Gasteiger partial charge >= 0.3 is 0 Å². The van der Waals surface area contributed by atoms with Crippen molar-refractivity contribution in [3.8, 4) is 0 Å². The summed E-state index contributed by atoms with van der Waals surface area (Å²) in [6, 6.07) is 10.2. The second-order valence-electron chi connectivity index (χ2n) is 3.06. The molecule has 0 aliphatic heterocycles. The van der Waals surface area contributed by atoms with E-state index in [2.05, 4.69) is 29.2 Å². The molecule has 1 rings (SSSR count). The summed E-state index contributed by atoms with van der Waals surface area (Å²) in [5, 5.41) is 4.66. The summed E-state index contributed by atoms with van der Waals surface area (Å²) in [4.78, 5) is 0. The first-order valence-electron chi connectivity index (χ1n) is 4.60. The molecule has 0 aromatic heterocycles. The molecule has 4 heteroatoms. The van der Waals surface area contributed by atoms with Crippen LogP contribution in [-0.4, -0.2) is 5.84 Å². The molecule has 0 bridgehead atoms. The molecule has 0 aliphatic carbocycles. The van der Waals surface area contributed by atoms with Crippen molar-refractivity contribution in [3.05, 3.63) is 47.5 Å². The summed E-state index contributed by atoms with van der Waals surface area (Å²) >= 11 is 1.60. The molecular formula is C11H15N3S. The van der Waals surface area contributed by atoms with Gasteiger partial charge in [-0.1, -0.05) is 36.9 Å². The van der Waals surface area contributed by atoms with Crippen LogP contribution in [0.15, 0.2) is 47.0 Å². The van der Waals surface area contributed by atoms with Crippen molar-refractivity contribution in [3.63, 3.8) is 0 Å². The number of hydrogen-bond acceptors (Lipinski definition) is 3. The molecule has 80 valence electrons. The van der Waals surface area contributed by atoms with E-state index in [1.54, 1.807) is 18.7 Å². The Morgan fingerprint density at radius 1 is 1.47 bits per heavy atom. The van der Waals surface area contributed by atoms with Crippen LogP contribution in [0.5, 0.6) is 0 Å². The lowest BCUT2D eigenvalue weighted by atomic mass is 10.2. The largest absolute Gasteiger partial charge is 0.386 e. The highest BCUT2D eigenvalue weighted by atomic mass is 32.2. The number of nitrogens with zero attached hydrogens (tertiary/aromatic N) is 1. The molecule has 0 amide bonds. The summed E-state index contributed by atoms with van der Waals surface area (Å²) < 4.78 is 0. The summed E-state index contributed by atoms with van der Waals surface area (Å²) in [7, 11) is 0. The van der Waals surface area contributed by atoms with Crippen LogP contribution < -0.4 is 11.2 Å². The van der Waals surface area contributed by atoms with Gasteiger partial charge in [-0.25, -0.2) is 0 Å². The van der Waals surface area contributed by atoms with Crippen LogP contribution in [0.3, 0.4) is 0 Å².